The third kappa shape index (κ3) is 4.38. The summed E-state index contributed by atoms with van der Waals surface area (Å²) >= 11 is 0. The molecule has 1 N–H and O–H groups in total. The Hall–Kier alpha value is -3.05. The van der Waals surface area contributed by atoms with E-state index in [0.29, 0.717) is 5.95 Å². The Morgan fingerprint density at radius 2 is 1.89 bits per heavy atom. The van der Waals surface area contributed by atoms with E-state index in [1.807, 2.05) is 0 Å². The van der Waals surface area contributed by atoms with Crippen LogP contribution < -0.4 is 14.4 Å². The highest BCUT2D eigenvalue weighted by molar-refractivity contribution is 7.89. The van der Waals surface area contributed by atoms with Gasteiger partial charge in [-0.05, 0) is 30.3 Å². The monoisotopic (exact) mass is 389 g/mol. The molecule has 0 saturated carbocycles. The summed E-state index contributed by atoms with van der Waals surface area (Å²) in [4.78, 5) is 14.2. The van der Waals surface area contributed by atoms with E-state index in [4.69, 9.17) is 4.74 Å². The fourth-order valence-corrected chi connectivity index (χ4v) is 3.18. The Morgan fingerprint density at radius 1 is 1.15 bits per heavy atom. The van der Waals surface area contributed by atoms with Crippen LogP contribution in [0.5, 0.6) is 6.01 Å². The molecule has 2 aromatic heterocycles. The molecule has 0 bridgehead atoms. The molecule has 0 radical (unpaired) electrons. The highest BCUT2D eigenvalue weighted by Crippen LogP contribution is 2.14. The lowest BCUT2D eigenvalue weighted by Gasteiger charge is -2.12. The minimum Gasteiger partial charge on any atom is -0.467 e. The van der Waals surface area contributed by atoms with Crippen molar-refractivity contribution in [2.24, 2.45) is 0 Å². The van der Waals surface area contributed by atoms with Crippen LogP contribution in [0.25, 0.3) is 5.69 Å². The zero-order valence-electron chi connectivity index (χ0n) is 15.1. The Kier molecular flexibility index (Phi) is 5.33. The molecule has 0 amide bonds. The van der Waals surface area contributed by atoms with Gasteiger partial charge in [0.25, 0.3) is 0 Å². The topological polar surface area (TPSA) is 115 Å². The minimum atomic E-state index is -3.73. The van der Waals surface area contributed by atoms with E-state index in [0.717, 1.165) is 5.69 Å². The van der Waals surface area contributed by atoms with Crippen LogP contribution in [-0.4, -0.2) is 54.4 Å². The first kappa shape index (κ1) is 18.7. The summed E-state index contributed by atoms with van der Waals surface area (Å²) in [6.45, 7) is -0.0943. The predicted octanol–water partition coefficient (Wildman–Crippen LogP) is 0.610. The van der Waals surface area contributed by atoms with Crippen molar-refractivity contribution in [3.05, 3.63) is 48.5 Å². The van der Waals surface area contributed by atoms with Gasteiger partial charge in [-0.1, -0.05) is 0 Å². The van der Waals surface area contributed by atoms with E-state index in [1.165, 1.54) is 19.2 Å². The van der Waals surface area contributed by atoms with Crippen LogP contribution >= 0.6 is 0 Å². The third-order valence-electron chi connectivity index (χ3n) is 3.57. The Balaban J connectivity index is 1.76. The van der Waals surface area contributed by atoms with Crippen molar-refractivity contribution in [2.45, 2.75) is 11.4 Å². The molecular formula is C16H19N7O3S. The van der Waals surface area contributed by atoms with E-state index in [9.17, 15) is 8.42 Å². The number of rotatable bonds is 7. The Labute approximate surface area is 156 Å². The first-order valence-corrected chi connectivity index (χ1v) is 9.43. The minimum absolute atomic E-state index is 0.0943. The Morgan fingerprint density at radius 3 is 2.48 bits per heavy atom. The normalized spacial score (nSPS) is 11.4. The second-order valence-electron chi connectivity index (χ2n) is 5.70. The number of ether oxygens (including phenoxy) is 1. The maximum Gasteiger partial charge on any atom is 0.321 e. The lowest BCUT2D eigenvalue weighted by atomic mass is 10.3. The molecule has 27 heavy (non-hydrogen) atoms. The van der Waals surface area contributed by atoms with Gasteiger partial charge in [-0.15, -0.1) is 0 Å². The molecule has 0 aliphatic heterocycles. The van der Waals surface area contributed by atoms with E-state index in [2.05, 4.69) is 24.8 Å². The summed E-state index contributed by atoms with van der Waals surface area (Å²) in [6.07, 6.45) is 3.43. The van der Waals surface area contributed by atoms with Crippen molar-refractivity contribution >= 4 is 16.0 Å². The number of nitrogens with one attached hydrogen (secondary N) is 1. The van der Waals surface area contributed by atoms with Crippen LogP contribution in [0.1, 0.15) is 5.82 Å². The molecule has 2 heterocycles. The Bertz CT molecular complexity index is 1000. The maximum atomic E-state index is 12.5. The molecule has 0 aliphatic carbocycles. The molecule has 0 unspecified atom stereocenters. The van der Waals surface area contributed by atoms with E-state index in [1.54, 1.807) is 54.3 Å². The van der Waals surface area contributed by atoms with Crippen molar-refractivity contribution in [1.82, 2.24) is 29.5 Å². The molecular weight excluding hydrogens is 370 g/mol. The number of methoxy groups -OCH3 is 1. The molecule has 10 nitrogen and oxygen atoms in total. The summed E-state index contributed by atoms with van der Waals surface area (Å²) in [7, 11) is 1.24. The molecule has 0 atom stereocenters. The predicted molar refractivity (Wildman–Crippen MR) is 98.3 cm³/mol. The van der Waals surface area contributed by atoms with E-state index >= 15 is 0 Å². The molecule has 142 valence electrons. The number of nitrogens with zero attached hydrogens (tertiary/aromatic N) is 6. The van der Waals surface area contributed by atoms with Gasteiger partial charge < -0.3 is 9.64 Å². The van der Waals surface area contributed by atoms with Gasteiger partial charge in [-0.2, -0.15) is 20.1 Å². The highest BCUT2D eigenvalue weighted by atomic mass is 32.2. The van der Waals surface area contributed by atoms with Crippen LogP contribution in [-0.2, 0) is 16.6 Å². The summed E-state index contributed by atoms with van der Waals surface area (Å²) < 4.78 is 34.2. The molecule has 0 spiro atoms. The van der Waals surface area contributed by atoms with Crippen LogP contribution in [0.3, 0.4) is 0 Å². The van der Waals surface area contributed by atoms with Crippen molar-refractivity contribution in [3.8, 4) is 11.7 Å². The number of hydrogen-bond acceptors (Lipinski definition) is 8. The van der Waals surface area contributed by atoms with Gasteiger partial charge in [-0.3, -0.25) is 0 Å². The van der Waals surface area contributed by atoms with Gasteiger partial charge in [0.15, 0.2) is 5.82 Å². The highest BCUT2D eigenvalue weighted by Gasteiger charge is 2.16. The standard InChI is InChI=1S/C16H19N7O3S/c1-22(2)15-19-14(20-16(21-15)26-3)11-18-27(24,25)13-7-5-12(6-8-13)23-10-4-9-17-23/h4-10,18H,11H2,1-3H3. The maximum absolute atomic E-state index is 12.5. The fraction of sp³-hybridized carbons (Fsp3) is 0.250. The zero-order valence-corrected chi connectivity index (χ0v) is 15.9. The second kappa shape index (κ2) is 7.68. The van der Waals surface area contributed by atoms with Gasteiger partial charge in [0, 0.05) is 26.5 Å². The second-order valence-corrected chi connectivity index (χ2v) is 7.47. The fourth-order valence-electron chi connectivity index (χ4n) is 2.20. The molecule has 1 aromatic carbocycles. The molecule has 3 aromatic rings. The van der Waals surface area contributed by atoms with Gasteiger partial charge in [0.2, 0.25) is 16.0 Å². The van der Waals surface area contributed by atoms with Gasteiger partial charge in [0.05, 0.1) is 24.2 Å². The average Bonchev–Trinajstić information content (AvgIpc) is 3.21. The molecule has 0 fully saturated rings. The quantitative estimate of drug-likeness (QED) is 0.625. The lowest BCUT2D eigenvalue weighted by Crippen LogP contribution is -2.25. The lowest BCUT2D eigenvalue weighted by molar-refractivity contribution is 0.375. The van der Waals surface area contributed by atoms with Crippen molar-refractivity contribution in [3.63, 3.8) is 0 Å². The number of sulfonamides is 1. The molecule has 0 saturated heterocycles. The van der Waals surface area contributed by atoms with Gasteiger partial charge in [-0.25, -0.2) is 17.8 Å². The summed E-state index contributed by atoms with van der Waals surface area (Å²) in [5.41, 5.74) is 0.761. The number of aromatic nitrogens is 5. The van der Waals surface area contributed by atoms with E-state index in [-0.39, 0.29) is 23.3 Å². The smallest absolute Gasteiger partial charge is 0.321 e. The van der Waals surface area contributed by atoms with Crippen LogP contribution in [0.4, 0.5) is 5.95 Å². The number of hydrogen-bond donors (Lipinski definition) is 1. The van der Waals surface area contributed by atoms with Crippen molar-refractivity contribution in [1.29, 1.82) is 0 Å². The molecule has 3 rings (SSSR count). The summed E-state index contributed by atoms with van der Waals surface area (Å²) in [5.74, 6) is 0.627. The van der Waals surface area contributed by atoms with Gasteiger partial charge >= 0.3 is 6.01 Å². The van der Waals surface area contributed by atoms with Crippen LogP contribution in [0.2, 0.25) is 0 Å². The van der Waals surface area contributed by atoms with Crippen molar-refractivity contribution < 1.29 is 13.2 Å². The van der Waals surface area contributed by atoms with E-state index < -0.39 is 10.0 Å². The van der Waals surface area contributed by atoms with Crippen molar-refractivity contribution in [2.75, 3.05) is 26.1 Å². The first-order valence-electron chi connectivity index (χ1n) is 7.95. The zero-order chi connectivity index (χ0) is 19.4. The SMILES string of the molecule is COc1nc(CNS(=O)(=O)c2ccc(-n3cccn3)cc2)nc(N(C)C)n1. The average molecular weight is 389 g/mol. The number of benzene rings is 1. The first-order chi connectivity index (χ1) is 12.9. The van der Waals surface area contributed by atoms with Gasteiger partial charge in [0.1, 0.15) is 0 Å². The van der Waals surface area contributed by atoms with Crippen LogP contribution in [0, 0.1) is 0 Å². The largest absolute Gasteiger partial charge is 0.467 e. The van der Waals surface area contributed by atoms with Crippen LogP contribution in [0.15, 0.2) is 47.6 Å². The molecule has 0 aliphatic rings. The summed E-state index contributed by atoms with van der Waals surface area (Å²) in [5, 5.41) is 4.11. The summed E-state index contributed by atoms with van der Waals surface area (Å²) in [6, 6.07) is 8.29. The molecule has 11 heteroatoms. The number of anilines is 1. The third-order valence-corrected chi connectivity index (χ3v) is 4.99.